The number of rotatable bonds is 4. The van der Waals surface area contributed by atoms with Crippen LogP contribution in [0.1, 0.15) is 39.3 Å². The Kier molecular flexibility index (Phi) is 5.67. The van der Waals surface area contributed by atoms with Crippen LogP contribution in [0.3, 0.4) is 0 Å². The molecule has 0 bridgehead atoms. The molecule has 0 saturated carbocycles. The summed E-state index contributed by atoms with van der Waals surface area (Å²) < 4.78 is 0. The van der Waals surface area contributed by atoms with E-state index in [-0.39, 0.29) is 17.4 Å². The minimum absolute atomic E-state index is 0.0364. The summed E-state index contributed by atoms with van der Waals surface area (Å²) in [5, 5.41) is 13.8. The average molecular weight is 299 g/mol. The van der Waals surface area contributed by atoms with Gasteiger partial charge < -0.3 is 5.32 Å². The van der Waals surface area contributed by atoms with E-state index in [1.54, 1.807) is 6.07 Å². The van der Waals surface area contributed by atoms with Gasteiger partial charge in [-0.1, -0.05) is 50.0 Å². The standard InChI is InChI=1S/C15H20Cl2N2/c1-10(13-6-5-12(16)7-14(13)17)19-9-11(8-18)15(2,3)4/h5-7,10-11,19H,9H2,1-4H3. The Morgan fingerprint density at radius 3 is 2.42 bits per heavy atom. The smallest absolute Gasteiger partial charge is 0.0674 e. The normalized spacial score (nSPS) is 14.8. The van der Waals surface area contributed by atoms with Crippen LogP contribution in [0.15, 0.2) is 18.2 Å². The van der Waals surface area contributed by atoms with E-state index in [0.29, 0.717) is 16.6 Å². The molecule has 1 rings (SSSR count). The first-order valence-corrected chi connectivity index (χ1v) is 7.09. The molecule has 4 heteroatoms. The lowest BCUT2D eigenvalue weighted by Crippen LogP contribution is -2.32. The van der Waals surface area contributed by atoms with Crippen LogP contribution in [0, 0.1) is 22.7 Å². The number of hydrogen-bond donors (Lipinski definition) is 1. The number of hydrogen-bond acceptors (Lipinski definition) is 2. The van der Waals surface area contributed by atoms with E-state index in [9.17, 15) is 5.26 Å². The van der Waals surface area contributed by atoms with E-state index in [1.165, 1.54) is 0 Å². The maximum Gasteiger partial charge on any atom is 0.0674 e. The summed E-state index contributed by atoms with van der Waals surface area (Å²) in [5.74, 6) is -0.0407. The summed E-state index contributed by atoms with van der Waals surface area (Å²) in [6, 6.07) is 7.92. The van der Waals surface area contributed by atoms with Gasteiger partial charge in [-0.15, -0.1) is 0 Å². The van der Waals surface area contributed by atoms with Crippen LogP contribution >= 0.6 is 23.2 Å². The Morgan fingerprint density at radius 2 is 1.95 bits per heavy atom. The van der Waals surface area contributed by atoms with Crippen LogP contribution in [0.2, 0.25) is 10.0 Å². The molecule has 1 aromatic rings. The zero-order valence-corrected chi connectivity index (χ0v) is 13.3. The third-order valence-electron chi connectivity index (χ3n) is 3.26. The molecule has 0 heterocycles. The van der Waals surface area contributed by atoms with Crippen molar-refractivity contribution in [2.75, 3.05) is 6.54 Å². The number of nitrogens with one attached hydrogen (secondary N) is 1. The average Bonchev–Trinajstić information content (AvgIpc) is 2.27. The first-order valence-electron chi connectivity index (χ1n) is 6.33. The van der Waals surface area contributed by atoms with E-state index >= 15 is 0 Å². The lowest BCUT2D eigenvalue weighted by Gasteiger charge is -2.26. The van der Waals surface area contributed by atoms with Gasteiger partial charge in [0.25, 0.3) is 0 Å². The van der Waals surface area contributed by atoms with Crippen molar-refractivity contribution in [3.8, 4) is 6.07 Å². The molecule has 0 aromatic heterocycles. The molecule has 1 N–H and O–H groups in total. The lowest BCUT2D eigenvalue weighted by atomic mass is 9.81. The summed E-state index contributed by atoms with van der Waals surface area (Å²) >= 11 is 12.1. The first kappa shape index (κ1) is 16.3. The number of nitriles is 1. The van der Waals surface area contributed by atoms with E-state index in [4.69, 9.17) is 23.2 Å². The van der Waals surface area contributed by atoms with Gasteiger partial charge in [0.15, 0.2) is 0 Å². The Morgan fingerprint density at radius 1 is 1.32 bits per heavy atom. The lowest BCUT2D eigenvalue weighted by molar-refractivity contribution is 0.283. The maximum atomic E-state index is 9.20. The highest BCUT2D eigenvalue weighted by Crippen LogP contribution is 2.28. The van der Waals surface area contributed by atoms with E-state index in [1.807, 2.05) is 19.1 Å². The molecule has 2 unspecified atom stereocenters. The molecular formula is C15H20Cl2N2. The first-order chi connectivity index (χ1) is 8.75. The van der Waals surface area contributed by atoms with Gasteiger partial charge in [0.2, 0.25) is 0 Å². The van der Waals surface area contributed by atoms with Crippen LogP contribution < -0.4 is 5.32 Å². The highest BCUT2D eigenvalue weighted by Gasteiger charge is 2.24. The van der Waals surface area contributed by atoms with Crippen molar-refractivity contribution in [1.82, 2.24) is 5.32 Å². The summed E-state index contributed by atoms with van der Waals surface area (Å²) in [6.07, 6.45) is 0. The molecule has 0 aliphatic carbocycles. The molecule has 0 radical (unpaired) electrons. The molecule has 0 fully saturated rings. The van der Waals surface area contributed by atoms with Gasteiger partial charge in [0.05, 0.1) is 12.0 Å². The summed E-state index contributed by atoms with van der Waals surface area (Å²) in [5.41, 5.74) is 0.960. The fourth-order valence-corrected chi connectivity index (χ4v) is 2.37. The Labute approximate surface area is 125 Å². The maximum absolute atomic E-state index is 9.20. The van der Waals surface area contributed by atoms with Crippen molar-refractivity contribution in [1.29, 1.82) is 5.26 Å². The Bertz CT molecular complexity index is 472. The fraction of sp³-hybridized carbons (Fsp3) is 0.533. The second-order valence-corrected chi connectivity index (χ2v) is 6.69. The molecule has 0 spiro atoms. The number of halogens is 2. The topological polar surface area (TPSA) is 35.8 Å². The minimum atomic E-state index is -0.0407. The highest BCUT2D eigenvalue weighted by atomic mass is 35.5. The SMILES string of the molecule is CC(NCC(C#N)C(C)(C)C)c1ccc(Cl)cc1Cl. The van der Waals surface area contributed by atoms with Gasteiger partial charge >= 0.3 is 0 Å². The fourth-order valence-electron chi connectivity index (χ4n) is 1.80. The van der Waals surface area contributed by atoms with Gasteiger partial charge in [-0.2, -0.15) is 5.26 Å². The molecule has 19 heavy (non-hydrogen) atoms. The van der Waals surface area contributed by atoms with Crippen molar-refractivity contribution in [2.24, 2.45) is 11.3 Å². The van der Waals surface area contributed by atoms with Gasteiger partial charge in [0.1, 0.15) is 0 Å². The zero-order valence-electron chi connectivity index (χ0n) is 11.8. The van der Waals surface area contributed by atoms with Gasteiger partial charge in [0, 0.05) is 22.6 Å². The Balaban J connectivity index is 2.70. The molecule has 0 aliphatic heterocycles. The van der Waals surface area contributed by atoms with E-state index in [0.717, 1.165) is 5.56 Å². The van der Waals surface area contributed by atoms with Gasteiger partial charge in [-0.05, 0) is 30.0 Å². The quantitative estimate of drug-likeness (QED) is 0.864. The number of nitrogens with zero attached hydrogens (tertiary/aromatic N) is 1. The van der Waals surface area contributed by atoms with Crippen LogP contribution in [0.25, 0.3) is 0 Å². The van der Waals surface area contributed by atoms with Crippen molar-refractivity contribution < 1.29 is 0 Å². The summed E-state index contributed by atoms with van der Waals surface area (Å²) in [4.78, 5) is 0. The monoisotopic (exact) mass is 298 g/mol. The minimum Gasteiger partial charge on any atom is -0.309 e. The van der Waals surface area contributed by atoms with Crippen molar-refractivity contribution in [2.45, 2.75) is 33.7 Å². The molecule has 0 aliphatic rings. The molecular weight excluding hydrogens is 279 g/mol. The van der Waals surface area contributed by atoms with E-state index in [2.05, 4.69) is 32.2 Å². The predicted octanol–water partition coefficient (Wildman–Crippen LogP) is 4.83. The Hall–Kier alpha value is -0.750. The molecule has 0 amide bonds. The van der Waals surface area contributed by atoms with Gasteiger partial charge in [-0.3, -0.25) is 0 Å². The van der Waals surface area contributed by atoms with E-state index < -0.39 is 0 Å². The van der Waals surface area contributed by atoms with Crippen LogP contribution in [0.5, 0.6) is 0 Å². The molecule has 0 saturated heterocycles. The molecule has 1 aromatic carbocycles. The van der Waals surface area contributed by atoms with Crippen molar-refractivity contribution in [3.05, 3.63) is 33.8 Å². The summed E-state index contributed by atoms with van der Waals surface area (Å²) in [6.45, 7) is 8.89. The largest absolute Gasteiger partial charge is 0.309 e. The molecule has 104 valence electrons. The van der Waals surface area contributed by atoms with Gasteiger partial charge in [-0.25, -0.2) is 0 Å². The van der Waals surface area contributed by atoms with Crippen molar-refractivity contribution >= 4 is 23.2 Å². The third kappa shape index (κ3) is 4.69. The highest BCUT2D eigenvalue weighted by molar-refractivity contribution is 6.35. The van der Waals surface area contributed by atoms with Crippen LogP contribution in [-0.2, 0) is 0 Å². The third-order valence-corrected chi connectivity index (χ3v) is 3.82. The zero-order chi connectivity index (χ0) is 14.6. The second-order valence-electron chi connectivity index (χ2n) is 5.84. The molecule has 2 nitrogen and oxygen atoms in total. The number of benzene rings is 1. The van der Waals surface area contributed by atoms with Crippen LogP contribution in [0.4, 0.5) is 0 Å². The van der Waals surface area contributed by atoms with Crippen LogP contribution in [-0.4, -0.2) is 6.54 Å². The van der Waals surface area contributed by atoms with Crippen molar-refractivity contribution in [3.63, 3.8) is 0 Å². The molecule has 2 atom stereocenters. The second kappa shape index (κ2) is 6.61. The summed E-state index contributed by atoms with van der Waals surface area (Å²) in [7, 11) is 0. The predicted molar refractivity (Wildman–Crippen MR) is 81.4 cm³/mol.